The maximum Gasteiger partial charge on any atom is 0.261 e. The van der Waals surface area contributed by atoms with E-state index in [1.807, 2.05) is 0 Å². The summed E-state index contributed by atoms with van der Waals surface area (Å²) in [5.41, 5.74) is 0. The lowest BCUT2D eigenvalue weighted by Crippen LogP contribution is -2.66. The molecule has 200 valence electrons. The lowest BCUT2D eigenvalue weighted by molar-refractivity contribution is -0.109. The Kier molecular flexibility index (Phi) is 10.9. The van der Waals surface area contributed by atoms with Gasteiger partial charge >= 0.3 is 0 Å². The zero-order valence-electron chi connectivity index (χ0n) is 24.0. The van der Waals surface area contributed by atoms with Crippen LogP contribution in [0, 0.1) is 0 Å². The second kappa shape index (κ2) is 12.8. The number of benzene rings is 2. The van der Waals surface area contributed by atoms with Gasteiger partial charge in [-0.05, 0) is 46.4 Å². The second-order valence-electron chi connectivity index (χ2n) is 12.3. The first-order valence-electron chi connectivity index (χ1n) is 13.2. The number of ether oxygens (including phenoxy) is 1. The fourth-order valence-corrected chi connectivity index (χ4v) is 10.6. The molecule has 0 aliphatic rings. The highest BCUT2D eigenvalue weighted by Crippen LogP contribution is 2.39. The minimum Gasteiger partial charge on any atom is -0.413 e. The monoisotopic (exact) mass is 528 g/mol. The summed E-state index contributed by atoms with van der Waals surface area (Å²) < 4.78 is 19.6. The van der Waals surface area contributed by atoms with Gasteiger partial charge in [-0.3, -0.25) is 0 Å². The van der Waals surface area contributed by atoms with E-state index in [0.717, 1.165) is 12.7 Å². The van der Waals surface area contributed by atoms with Gasteiger partial charge < -0.3 is 18.4 Å². The zero-order chi connectivity index (χ0) is 27.0. The Morgan fingerprint density at radius 1 is 0.806 bits per heavy atom. The Labute approximate surface area is 222 Å². The first-order valence-corrected chi connectivity index (χ1v) is 18.0. The molecular weight excluding hydrogens is 480 g/mol. The van der Waals surface area contributed by atoms with Gasteiger partial charge in [-0.15, -0.1) is 0 Å². The molecule has 0 aromatic heterocycles. The molecule has 6 heteroatoms. The molecule has 0 N–H and O–H groups in total. The van der Waals surface area contributed by atoms with Crippen LogP contribution in [0.1, 0.15) is 60.8 Å². The molecule has 2 aromatic rings. The summed E-state index contributed by atoms with van der Waals surface area (Å²) in [4.78, 5) is 11.5. The van der Waals surface area contributed by atoms with Crippen molar-refractivity contribution in [3.63, 3.8) is 0 Å². The van der Waals surface area contributed by atoms with Crippen molar-refractivity contribution < 1.29 is 18.4 Å². The third-order valence-electron chi connectivity index (χ3n) is 7.66. The molecule has 0 amide bonds. The Morgan fingerprint density at radius 3 is 1.69 bits per heavy atom. The number of aldehydes is 1. The molecule has 2 atom stereocenters. The van der Waals surface area contributed by atoms with Crippen LogP contribution in [-0.2, 0) is 18.4 Å². The molecule has 0 heterocycles. The predicted molar refractivity (Wildman–Crippen MR) is 156 cm³/mol. The molecule has 4 nitrogen and oxygen atoms in total. The summed E-state index contributed by atoms with van der Waals surface area (Å²) in [6.45, 7) is 18.6. The number of methoxy groups -OCH3 is 1. The normalized spacial score (nSPS) is 14.9. The van der Waals surface area contributed by atoms with Crippen molar-refractivity contribution in [1.29, 1.82) is 0 Å². The number of carbonyl (C=O) groups excluding carboxylic acids is 1. The van der Waals surface area contributed by atoms with E-state index in [0.29, 0.717) is 19.4 Å². The van der Waals surface area contributed by atoms with Crippen molar-refractivity contribution in [2.75, 3.05) is 13.7 Å². The van der Waals surface area contributed by atoms with E-state index in [-0.39, 0.29) is 22.3 Å². The van der Waals surface area contributed by atoms with Crippen LogP contribution in [0.3, 0.4) is 0 Å². The second-order valence-corrected chi connectivity index (χ2v) is 21.4. The third kappa shape index (κ3) is 7.48. The SMILES string of the molecule is CO[C@H](CCO[Si](c1ccccc1)(c1ccccc1)C(C)(C)C)C[C@H](CC=O)O[Si](C)(C)C(C)(C)C. The fraction of sp³-hybridized carbons (Fsp3) is 0.567. The molecule has 0 saturated carbocycles. The van der Waals surface area contributed by atoms with E-state index < -0.39 is 16.6 Å². The van der Waals surface area contributed by atoms with Gasteiger partial charge in [-0.1, -0.05) is 102 Å². The van der Waals surface area contributed by atoms with E-state index in [9.17, 15) is 4.79 Å². The van der Waals surface area contributed by atoms with Crippen LogP contribution in [-0.4, -0.2) is 48.8 Å². The van der Waals surface area contributed by atoms with E-state index in [1.54, 1.807) is 7.11 Å². The highest BCUT2D eigenvalue weighted by molar-refractivity contribution is 6.99. The van der Waals surface area contributed by atoms with Crippen LogP contribution >= 0.6 is 0 Å². The van der Waals surface area contributed by atoms with Crippen LogP contribution in [0.25, 0.3) is 0 Å². The summed E-state index contributed by atoms with van der Waals surface area (Å²) in [5, 5.41) is 2.57. The van der Waals surface area contributed by atoms with Crippen LogP contribution in [0.4, 0.5) is 0 Å². The molecule has 0 aliphatic carbocycles. The van der Waals surface area contributed by atoms with Crippen molar-refractivity contribution in [3.05, 3.63) is 60.7 Å². The third-order valence-corrected chi connectivity index (χ3v) is 17.2. The largest absolute Gasteiger partial charge is 0.413 e. The zero-order valence-corrected chi connectivity index (χ0v) is 26.0. The van der Waals surface area contributed by atoms with Gasteiger partial charge in [0.2, 0.25) is 0 Å². The van der Waals surface area contributed by atoms with Gasteiger partial charge in [-0.2, -0.15) is 0 Å². The molecule has 0 spiro atoms. The van der Waals surface area contributed by atoms with Crippen molar-refractivity contribution in [1.82, 2.24) is 0 Å². The van der Waals surface area contributed by atoms with Gasteiger partial charge in [0, 0.05) is 20.1 Å². The van der Waals surface area contributed by atoms with Crippen LogP contribution in [0.2, 0.25) is 23.2 Å². The summed E-state index contributed by atoms with van der Waals surface area (Å²) >= 11 is 0. The van der Waals surface area contributed by atoms with Crippen LogP contribution in [0.5, 0.6) is 0 Å². The molecule has 0 aliphatic heterocycles. The van der Waals surface area contributed by atoms with Crippen molar-refractivity contribution in [2.45, 2.75) is 96.2 Å². The van der Waals surface area contributed by atoms with Crippen molar-refractivity contribution in [3.8, 4) is 0 Å². The van der Waals surface area contributed by atoms with Crippen molar-refractivity contribution in [2.24, 2.45) is 0 Å². The molecule has 2 rings (SSSR count). The van der Waals surface area contributed by atoms with E-state index in [2.05, 4.69) is 115 Å². The molecule has 2 aromatic carbocycles. The van der Waals surface area contributed by atoms with Gasteiger partial charge in [0.1, 0.15) is 6.29 Å². The number of rotatable bonds is 13. The van der Waals surface area contributed by atoms with E-state index in [4.69, 9.17) is 13.6 Å². The van der Waals surface area contributed by atoms with Crippen molar-refractivity contribution >= 4 is 33.3 Å². The Hall–Kier alpha value is -1.58. The molecule has 0 bridgehead atoms. The number of hydrogen-bond donors (Lipinski definition) is 0. The number of hydrogen-bond acceptors (Lipinski definition) is 4. The smallest absolute Gasteiger partial charge is 0.261 e. The lowest BCUT2D eigenvalue weighted by atomic mass is 10.1. The maximum atomic E-state index is 11.5. The Morgan fingerprint density at radius 2 is 1.31 bits per heavy atom. The highest BCUT2D eigenvalue weighted by atomic mass is 28.4. The first kappa shape index (κ1) is 30.6. The average molecular weight is 529 g/mol. The minimum absolute atomic E-state index is 0.0436. The lowest BCUT2D eigenvalue weighted by Gasteiger charge is -2.43. The maximum absolute atomic E-state index is 11.5. The average Bonchev–Trinajstić information content (AvgIpc) is 2.80. The molecule has 0 radical (unpaired) electrons. The van der Waals surface area contributed by atoms with Crippen LogP contribution in [0.15, 0.2) is 60.7 Å². The quantitative estimate of drug-likeness (QED) is 0.225. The fourth-order valence-electron chi connectivity index (χ4n) is 4.62. The van der Waals surface area contributed by atoms with Gasteiger partial charge in [-0.25, -0.2) is 0 Å². The molecular formula is C30H48O4Si2. The van der Waals surface area contributed by atoms with Gasteiger partial charge in [0.05, 0.1) is 12.2 Å². The summed E-state index contributed by atoms with van der Waals surface area (Å²) in [5.74, 6) is 0. The first-order chi connectivity index (χ1) is 16.8. The van der Waals surface area contributed by atoms with E-state index >= 15 is 0 Å². The topological polar surface area (TPSA) is 44.8 Å². The molecule has 0 saturated heterocycles. The summed E-state index contributed by atoms with van der Waals surface area (Å²) in [7, 11) is -2.83. The number of carbonyl (C=O) groups is 1. The van der Waals surface area contributed by atoms with Gasteiger partial charge in [0.15, 0.2) is 8.32 Å². The summed E-state index contributed by atoms with van der Waals surface area (Å²) in [6, 6.07) is 21.4. The molecule has 0 unspecified atom stereocenters. The van der Waals surface area contributed by atoms with Gasteiger partial charge in [0.25, 0.3) is 8.32 Å². The minimum atomic E-state index is -2.58. The van der Waals surface area contributed by atoms with E-state index in [1.165, 1.54) is 10.4 Å². The molecule has 0 fully saturated rings. The Bertz CT molecular complexity index is 878. The van der Waals surface area contributed by atoms with Crippen LogP contribution < -0.4 is 10.4 Å². The standard InChI is InChI=1S/C30H48O4Si2/c1-29(2,3)35(8,9)34-26(20-22-31)24-25(32-7)21-23-33-36(30(4,5)6,27-16-12-10-13-17-27)28-18-14-11-15-19-28/h10-19,22,25-26H,20-21,23-24H2,1-9H3/t25-,26+/m1/s1. The summed E-state index contributed by atoms with van der Waals surface area (Å²) in [6.07, 6.45) is 2.62. The highest BCUT2D eigenvalue weighted by Gasteiger charge is 2.50. The Balaban J connectivity index is 2.26. The molecule has 36 heavy (non-hydrogen) atoms. The predicted octanol–water partition coefficient (Wildman–Crippen LogP) is 6.34.